The lowest BCUT2D eigenvalue weighted by molar-refractivity contribution is 0.187. The Hall–Kier alpha value is -0.820. The summed E-state index contributed by atoms with van der Waals surface area (Å²) >= 11 is 0. The second kappa shape index (κ2) is 11.7. The van der Waals surface area contributed by atoms with Crippen molar-refractivity contribution in [3.63, 3.8) is 0 Å². The minimum atomic E-state index is 0. The number of halogens is 1. The van der Waals surface area contributed by atoms with Gasteiger partial charge >= 0.3 is 0 Å². The minimum absolute atomic E-state index is 0. The first-order valence-corrected chi connectivity index (χ1v) is 8.93. The molecule has 2 rings (SSSR count). The van der Waals surface area contributed by atoms with Gasteiger partial charge in [0.25, 0.3) is 0 Å². The zero-order valence-electron chi connectivity index (χ0n) is 15.3. The molecule has 0 amide bonds. The molecular weight excluding hydrogens is 411 g/mol. The van der Waals surface area contributed by atoms with E-state index in [0.29, 0.717) is 0 Å². The molecular formula is C19H33IN4. The normalized spacial score (nSPS) is 16.5. The second-order valence-electron chi connectivity index (χ2n) is 6.50. The summed E-state index contributed by atoms with van der Waals surface area (Å²) in [5.41, 5.74) is 2.58. The van der Waals surface area contributed by atoms with E-state index in [1.165, 1.54) is 50.0 Å². The molecule has 5 heteroatoms. The number of hydrogen-bond donors (Lipinski definition) is 2. The van der Waals surface area contributed by atoms with E-state index in [0.717, 1.165) is 25.0 Å². The Morgan fingerprint density at radius 3 is 2.42 bits per heavy atom. The van der Waals surface area contributed by atoms with Crippen molar-refractivity contribution in [2.45, 2.75) is 39.7 Å². The zero-order valence-corrected chi connectivity index (χ0v) is 17.7. The average molecular weight is 444 g/mol. The van der Waals surface area contributed by atoms with E-state index in [9.17, 15) is 0 Å². The molecule has 136 valence electrons. The molecule has 1 saturated heterocycles. The SMILES string of the molecule is CCN1CCC(CCNC(=NC)NCc2ccc(C)cc2)CC1.I. The molecule has 0 aromatic heterocycles. The Kier molecular flexibility index (Phi) is 10.3. The average Bonchev–Trinajstić information content (AvgIpc) is 2.60. The van der Waals surface area contributed by atoms with Gasteiger partial charge in [-0.1, -0.05) is 36.8 Å². The maximum atomic E-state index is 4.31. The van der Waals surface area contributed by atoms with Gasteiger partial charge in [0.15, 0.2) is 5.96 Å². The van der Waals surface area contributed by atoms with Crippen LogP contribution in [0.25, 0.3) is 0 Å². The molecule has 1 aliphatic rings. The number of aliphatic imine (C=N–C) groups is 1. The molecule has 24 heavy (non-hydrogen) atoms. The number of aryl methyl sites for hydroxylation is 1. The van der Waals surface area contributed by atoms with Gasteiger partial charge in [0.05, 0.1) is 0 Å². The van der Waals surface area contributed by atoms with Crippen molar-refractivity contribution in [3.8, 4) is 0 Å². The third-order valence-corrected chi connectivity index (χ3v) is 4.80. The Bertz CT molecular complexity index is 479. The largest absolute Gasteiger partial charge is 0.356 e. The quantitative estimate of drug-likeness (QED) is 0.402. The summed E-state index contributed by atoms with van der Waals surface area (Å²) in [4.78, 5) is 6.86. The van der Waals surface area contributed by atoms with Crippen molar-refractivity contribution in [1.82, 2.24) is 15.5 Å². The van der Waals surface area contributed by atoms with Crippen molar-refractivity contribution in [2.24, 2.45) is 10.9 Å². The fraction of sp³-hybridized carbons (Fsp3) is 0.632. The lowest BCUT2D eigenvalue weighted by Crippen LogP contribution is -2.39. The van der Waals surface area contributed by atoms with E-state index >= 15 is 0 Å². The standard InChI is InChI=1S/C19H32N4.HI/c1-4-23-13-10-17(11-14-23)9-12-21-19(20-3)22-15-18-7-5-16(2)6-8-18;/h5-8,17H,4,9-15H2,1-3H3,(H2,20,21,22);1H. The summed E-state index contributed by atoms with van der Waals surface area (Å²) in [7, 11) is 1.84. The number of piperidine rings is 1. The predicted octanol–water partition coefficient (Wildman–Crippen LogP) is 3.40. The van der Waals surface area contributed by atoms with Gasteiger partial charge in [0.2, 0.25) is 0 Å². The third-order valence-electron chi connectivity index (χ3n) is 4.80. The number of benzene rings is 1. The van der Waals surface area contributed by atoms with Gasteiger partial charge in [-0.3, -0.25) is 4.99 Å². The first kappa shape index (κ1) is 21.2. The number of likely N-dealkylation sites (tertiary alicyclic amines) is 1. The molecule has 1 aliphatic heterocycles. The first-order chi connectivity index (χ1) is 11.2. The highest BCUT2D eigenvalue weighted by molar-refractivity contribution is 14.0. The van der Waals surface area contributed by atoms with Crippen LogP contribution in [-0.4, -0.2) is 44.1 Å². The zero-order chi connectivity index (χ0) is 16.5. The third kappa shape index (κ3) is 7.38. The van der Waals surface area contributed by atoms with Crippen LogP contribution in [0, 0.1) is 12.8 Å². The van der Waals surface area contributed by atoms with Crippen LogP contribution in [0.1, 0.15) is 37.3 Å². The summed E-state index contributed by atoms with van der Waals surface area (Å²) in [6.45, 7) is 9.91. The summed E-state index contributed by atoms with van der Waals surface area (Å²) in [6, 6.07) is 8.62. The van der Waals surface area contributed by atoms with E-state index in [4.69, 9.17) is 0 Å². The van der Waals surface area contributed by atoms with Gasteiger partial charge in [-0.25, -0.2) is 0 Å². The Morgan fingerprint density at radius 1 is 1.17 bits per heavy atom. The van der Waals surface area contributed by atoms with Crippen LogP contribution in [0.5, 0.6) is 0 Å². The number of rotatable bonds is 6. The highest BCUT2D eigenvalue weighted by atomic mass is 127. The summed E-state index contributed by atoms with van der Waals surface area (Å²) in [5.74, 6) is 1.76. The van der Waals surface area contributed by atoms with Crippen LogP contribution in [-0.2, 0) is 6.54 Å². The lowest BCUT2D eigenvalue weighted by Gasteiger charge is -2.31. The smallest absolute Gasteiger partial charge is 0.191 e. The maximum absolute atomic E-state index is 4.31. The highest BCUT2D eigenvalue weighted by Gasteiger charge is 2.17. The molecule has 0 atom stereocenters. The van der Waals surface area contributed by atoms with Crippen LogP contribution in [0.4, 0.5) is 0 Å². The molecule has 0 radical (unpaired) electrons. The van der Waals surface area contributed by atoms with Crippen LogP contribution in [0.15, 0.2) is 29.3 Å². The molecule has 1 heterocycles. The number of hydrogen-bond acceptors (Lipinski definition) is 2. The summed E-state index contributed by atoms with van der Waals surface area (Å²) in [5, 5.41) is 6.84. The van der Waals surface area contributed by atoms with Gasteiger partial charge in [0.1, 0.15) is 0 Å². The van der Waals surface area contributed by atoms with Gasteiger partial charge in [-0.05, 0) is 57.3 Å². The van der Waals surface area contributed by atoms with Crippen molar-refractivity contribution in [3.05, 3.63) is 35.4 Å². The van der Waals surface area contributed by atoms with Crippen LogP contribution >= 0.6 is 24.0 Å². The van der Waals surface area contributed by atoms with E-state index in [1.54, 1.807) is 0 Å². The lowest BCUT2D eigenvalue weighted by atomic mass is 9.93. The highest BCUT2D eigenvalue weighted by Crippen LogP contribution is 2.19. The van der Waals surface area contributed by atoms with Crippen LogP contribution < -0.4 is 10.6 Å². The second-order valence-corrected chi connectivity index (χ2v) is 6.50. The first-order valence-electron chi connectivity index (χ1n) is 8.93. The Morgan fingerprint density at radius 2 is 1.83 bits per heavy atom. The fourth-order valence-corrected chi connectivity index (χ4v) is 3.10. The predicted molar refractivity (Wildman–Crippen MR) is 114 cm³/mol. The van der Waals surface area contributed by atoms with E-state index < -0.39 is 0 Å². The van der Waals surface area contributed by atoms with Crippen molar-refractivity contribution in [2.75, 3.05) is 33.2 Å². The van der Waals surface area contributed by atoms with Crippen molar-refractivity contribution >= 4 is 29.9 Å². The number of guanidine groups is 1. The summed E-state index contributed by atoms with van der Waals surface area (Å²) in [6.07, 6.45) is 3.92. The molecule has 0 saturated carbocycles. The molecule has 0 spiro atoms. The van der Waals surface area contributed by atoms with E-state index in [-0.39, 0.29) is 24.0 Å². The van der Waals surface area contributed by atoms with Crippen molar-refractivity contribution in [1.29, 1.82) is 0 Å². The van der Waals surface area contributed by atoms with Gasteiger partial charge in [-0.15, -0.1) is 24.0 Å². The van der Waals surface area contributed by atoms with Crippen LogP contribution in [0.2, 0.25) is 0 Å². The molecule has 4 nitrogen and oxygen atoms in total. The molecule has 1 aromatic carbocycles. The molecule has 0 aliphatic carbocycles. The van der Waals surface area contributed by atoms with Gasteiger partial charge < -0.3 is 15.5 Å². The van der Waals surface area contributed by atoms with Gasteiger partial charge in [-0.2, -0.15) is 0 Å². The molecule has 1 fully saturated rings. The Labute approximate surface area is 164 Å². The van der Waals surface area contributed by atoms with Crippen molar-refractivity contribution < 1.29 is 0 Å². The van der Waals surface area contributed by atoms with E-state index in [1.807, 2.05) is 7.05 Å². The summed E-state index contributed by atoms with van der Waals surface area (Å²) < 4.78 is 0. The molecule has 0 bridgehead atoms. The number of nitrogens with zero attached hydrogens (tertiary/aromatic N) is 2. The Balaban J connectivity index is 0.00000288. The monoisotopic (exact) mass is 444 g/mol. The van der Waals surface area contributed by atoms with Gasteiger partial charge in [0, 0.05) is 20.1 Å². The molecule has 2 N–H and O–H groups in total. The topological polar surface area (TPSA) is 39.7 Å². The minimum Gasteiger partial charge on any atom is -0.356 e. The number of nitrogens with one attached hydrogen (secondary N) is 2. The molecule has 0 unspecified atom stereocenters. The fourth-order valence-electron chi connectivity index (χ4n) is 3.10. The molecule has 1 aromatic rings. The maximum Gasteiger partial charge on any atom is 0.191 e. The van der Waals surface area contributed by atoms with E-state index in [2.05, 4.69) is 58.6 Å². The van der Waals surface area contributed by atoms with Crippen LogP contribution in [0.3, 0.4) is 0 Å².